The maximum absolute atomic E-state index is 2.33. The second-order valence-electron chi connectivity index (χ2n) is 4.56. The van der Waals surface area contributed by atoms with Crippen LogP contribution in [0, 0.1) is 5.41 Å². The van der Waals surface area contributed by atoms with Gasteiger partial charge >= 0.3 is 0 Å². The average molecular weight is 168 g/mol. The van der Waals surface area contributed by atoms with Crippen molar-refractivity contribution < 1.29 is 0 Å². The molecule has 0 saturated heterocycles. The lowest BCUT2D eigenvalue weighted by Gasteiger charge is -2.12. The van der Waals surface area contributed by atoms with Gasteiger partial charge in [0.1, 0.15) is 0 Å². The van der Waals surface area contributed by atoms with Crippen LogP contribution in [-0.4, -0.2) is 0 Å². The first kappa shape index (κ1) is 10.1. The van der Waals surface area contributed by atoms with E-state index in [1.54, 1.807) is 0 Å². The molecule has 1 fully saturated rings. The van der Waals surface area contributed by atoms with Crippen molar-refractivity contribution in [2.45, 2.75) is 71.6 Å². The summed E-state index contributed by atoms with van der Waals surface area (Å²) in [5.74, 6) is 0. The van der Waals surface area contributed by atoms with Gasteiger partial charge in [-0.15, -0.1) is 0 Å². The molecule has 1 aliphatic rings. The van der Waals surface area contributed by atoms with Crippen LogP contribution in [0.25, 0.3) is 0 Å². The standard InChI is InChI=1S/C12H24/c1-3-5-6-7-9-12(8-4-2)10-11-12/h3-11H2,1-2H3. The monoisotopic (exact) mass is 168 g/mol. The first-order valence-corrected chi connectivity index (χ1v) is 5.83. The Labute approximate surface area is 77.7 Å². The molecule has 0 heteroatoms. The second kappa shape index (κ2) is 4.89. The molecule has 0 aromatic carbocycles. The molecule has 0 nitrogen and oxygen atoms in total. The number of unbranched alkanes of at least 4 members (excludes halogenated alkanes) is 3. The third kappa shape index (κ3) is 3.16. The number of rotatable bonds is 7. The van der Waals surface area contributed by atoms with E-state index in [9.17, 15) is 0 Å². The summed E-state index contributed by atoms with van der Waals surface area (Å²) in [5, 5.41) is 0. The van der Waals surface area contributed by atoms with E-state index in [0.29, 0.717) is 0 Å². The van der Waals surface area contributed by atoms with Crippen molar-refractivity contribution in [1.82, 2.24) is 0 Å². The zero-order valence-electron chi connectivity index (χ0n) is 8.86. The molecule has 0 bridgehead atoms. The minimum Gasteiger partial charge on any atom is -0.0654 e. The number of hydrogen-bond acceptors (Lipinski definition) is 0. The fourth-order valence-corrected chi connectivity index (χ4v) is 2.26. The molecule has 0 amide bonds. The van der Waals surface area contributed by atoms with Gasteiger partial charge in [-0.25, -0.2) is 0 Å². The lowest BCUT2D eigenvalue weighted by molar-refractivity contribution is 0.400. The van der Waals surface area contributed by atoms with Crippen LogP contribution in [0.4, 0.5) is 0 Å². The summed E-state index contributed by atoms with van der Waals surface area (Å²) < 4.78 is 0. The molecule has 0 radical (unpaired) electrons. The normalized spacial score (nSPS) is 19.5. The summed E-state index contributed by atoms with van der Waals surface area (Å²) >= 11 is 0. The molecule has 1 rings (SSSR count). The quantitative estimate of drug-likeness (QED) is 0.490. The van der Waals surface area contributed by atoms with Crippen LogP contribution in [0.3, 0.4) is 0 Å². The average Bonchev–Trinajstić information content (AvgIpc) is 2.81. The van der Waals surface area contributed by atoms with Gasteiger partial charge in [0.25, 0.3) is 0 Å². The van der Waals surface area contributed by atoms with Gasteiger partial charge in [0.2, 0.25) is 0 Å². The fraction of sp³-hybridized carbons (Fsp3) is 1.00. The highest BCUT2D eigenvalue weighted by Crippen LogP contribution is 2.53. The van der Waals surface area contributed by atoms with Crippen LogP contribution in [0.2, 0.25) is 0 Å². The molecule has 0 atom stereocenters. The van der Waals surface area contributed by atoms with E-state index < -0.39 is 0 Å². The molecule has 0 unspecified atom stereocenters. The molecule has 0 aromatic rings. The molecule has 0 N–H and O–H groups in total. The Bertz CT molecular complexity index is 111. The van der Waals surface area contributed by atoms with E-state index in [0.717, 1.165) is 5.41 Å². The Balaban J connectivity index is 1.98. The SMILES string of the molecule is CCCCCCC1(CCC)CC1. The van der Waals surface area contributed by atoms with Crippen molar-refractivity contribution in [1.29, 1.82) is 0 Å². The number of hydrogen-bond donors (Lipinski definition) is 0. The van der Waals surface area contributed by atoms with E-state index in [4.69, 9.17) is 0 Å². The van der Waals surface area contributed by atoms with Crippen molar-refractivity contribution in [2.75, 3.05) is 0 Å². The maximum atomic E-state index is 2.33. The minimum atomic E-state index is 0.850. The van der Waals surface area contributed by atoms with Gasteiger partial charge in [0, 0.05) is 0 Å². The summed E-state index contributed by atoms with van der Waals surface area (Å²) in [6.45, 7) is 4.62. The van der Waals surface area contributed by atoms with E-state index >= 15 is 0 Å². The maximum Gasteiger partial charge on any atom is -0.0297 e. The van der Waals surface area contributed by atoms with Gasteiger partial charge in [-0.3, -0.25) is 0 Å². The van der Waals surface area contributed by atoms with E-state index in [2.05, 4.69) is 13.8 Å². The second-order valence-corrected chi connectivity index (χ2v) is 4.56. The van der Waals surface area contributed by atoms with E-state index in [-0.39, 0.29) is 0 Å². The fourth-order valence-electron chi connectivity index (χ4n) is 2.26. The van der Waals surface area contributed by atoms with Gasteiger partial charge in [-0.05, 0) is 31.1 Å². The van der Waals surface area contributed by atoms with Crippen LogP contribution < -0.4 is 0 Å². The lowest BCUT2D eigenvalue weighted by atomic mass is 9.93. The lowest BCUT2D eigenvalue weighted by Crippen LogP contribution is -1.99. The highest BCUT2D eigenvalue weighted by atomic mass is 14.4. The summed E-state index contributed by atoms with van der Waals surface area (Å²) in [5.41, 5.74) is 0.850. The largest absolute Gasteiger partial charge is 0.0654 e. The molecule has 72 valence electrons. The zero-order chi connectivity index (χ0) is 8.86. The Morgan fingerprint density at radius 3 is 2.08 bits per heavy atom. The van der Waals surface area contributed by atoms with Crippen LogP contribution >= 0.6 is 0 Å². The Morgan fingerprint density at radius 2 is 1.58 bits per heavy atom. The molecule has 0 aromatic heterocycles. The van der Waals surface area contributed by atoms with Crippen molar-refractivity contribution in [3.8, 4) is 0 Å². The first-order valence-electron chi connectivity index (χ1n) is 5.83. The molecule has 0 aliphatic heterocycles. The molecule has 0 spiro atoms. The van der Waals surface area contributed by atoms with Gasteiger partial charge in [-0.1, -0.05) is 46.0 Å². The molecule has 1 aliphatic carbocycles. The highest BCUT2D eigenvalue weighted by molar-refractivity contribution is 4.91. The third-order valence-corrected chi connectivity index (χ3v) is 3.30. The smallest absolute Gasteiger partial charge is 0.0297 e. The van der Waals surface area contributed by atoms with Crippen molar-refractivity contribution in [2.24, 2.45) is 5.41 Å². The predicted molar refractivity (Wildman–Crippen MR) is 55.3 cm³/mol. The van der Waals surface area contributed by atoms with Gasteiger partial charge in [0.15, 0.2) is 0 Å². The van der Waals surface area contributed by atoms with E-state index in [1.165, 1.54) is 57.8 Å². The molecular formula is C12H24. The Kier molecular flexibility index (Phi) is 4.11. The molecule has 12 heavy (non-hydrogen) atoms. The first-order chi connectivity index (χ1) is 5.83. The van der Waals surface area contributed by atoms with Crippen molar-refractivity contribution in [3.05, 3.63) is 0 Å². The van der Waals surface area contributed by atoms with Crippen molar-refractivity contribution in [3.63, 3.8) is 0 Å². The Hall–Kier alpha value is 0. The molecule has 0 heterocycles. The predicted octanol–water partition coefficient (Wildman–Crippen LogP) is 4.54. The van der Waals surface area contributed by atoms with Crippen LogP contribution in [0.1, 0.15) is 71.6 Å². The summed E-state index contributed by atoms with van der Waals surface area (Å²) in [4.78, 5) is 0. The zero-order valence-corrected chi connectivity index (χ0v) is 8.86. The van der Waals surface area contributed by atoms with E-state index in [1.807, 2.05) is 0 Å². The van der Waals surface area contributed by atoms with Gasteiger partial charge < -0.3 is 0 Å². The van der Waals surface area contributed by atoms with Crippen LogP contribution in [0.5, 0.6) is 0 Å². The Morgan fingerprint density at radius 1 is 0.833 bits per heavy atom. The summed E-state index contributed by atoms with van der Waals surface area (Å²) in [6.07, 6.45) is 13.3. The van der Waals surface area contributed by atoms with Crippen LogP contribution in [0.15, 0.2) is 0 Å². The summed E-state index contributed by atoms with van der Waals surface area (Å²) in [6, 6.07) is 0. The molecular weight excluding hydrogens is 144 g/mol. The third-order valence-electron chi connectivity index (χ3n) is 3.30. The molecule has 1 saturated carbocycles. The van der Waals surface area contributed by atoms with Gasteiger partial charge in [-0.2, -0.15) is 0 Å². The topological polar surface area (TPSA) is 0 Å². The highest BCUT2D eigenvalue weighted by Gasteiger charge is 2.40. The van der Waals surface area contributed by atoms with Gasteiger partial charge in [0.05, 0.1) is 0 Å². The van der Waals surface area contributed by atoms with Crippen molar-refractivity contribution >= 4 is 0 Å². The summed E-state index contributed by atoms with van der Waals surface area (Å²) in [7, 11) is 0. The minimum absolute atomic E-state index is 0.850. The van der Waals surface area contributed by atoms with Crippen LogP contribution in [-0.2, 0) is 0 Å².